The molecule has 0 radical (unpaired) electrons. The Morgan fingerprint density at radius 2 is 1.57 bits per heavy atom. The maximum absolute atomic E-state index is 13.4. The third kappa shape index (κ3) is 2.55. The zero-order valence-corrected chi connectivity index (χ0v) is 16.4. The predicted octanol–water partition coefficient (Wildman–Crippen LogP) is 5.26. The van der Waals surface area contributed by atoms with Crippen molar-refractivity contribution in [1.82, 2.24) is 0 Å². The van der Waals surface area contributed by atoms with Crippen molar-refractivity contribution >= 4 is 23.4 Å². The third-order valence-electron chi connectivity index (χ3n) is 5.58. The molecule has 28 heavy (non-hydrogen) atoms. The van der Waals surface area contributed by atoms with Crippen molar-refractivity contribution in [1.29, 1.82) is 0 Å². The van der Waals surface area contributed by atoms with Crippen LogP contribution >= 0.6 is 11.8 Å². The van der Waals surface area contributed by atoms with Gasteiger partial charge >= 0.3 is 0 Å². The Bertz CT molecular complexity index is 1010. The molecule has 3 aromatic carbocycles. The average Bonchev–Trinajstić information content (AvgIpc) is 2.85. The van der Waals surface area contributed by atoms with E-state index >= 15 is 0 Å². The number of nitrogens with zero attached hydrogens (tertiary/aromatic N) is 1. The summed E-state index contributed by atoms with van der Waals surface area (Å²) in [5.74, 6) is 0.753. The maximum atomic E-state index is 13.4. The minimum atomic E-state index is -0.536. The number of thioether (sulfide) groups is 1. The molecular formula is C24H21NO2S. The van der Waals surface area contributed by atoms with Crippen molar-refractivity contribution in [3.8, 4) is 5.75 Å². The second-order valence-electron chi connectivity index (χ2n) is 7.38. The number of benzene rings is 3. The fourth-order valence-corrected chi connectivity index (χ4v) is 5.66. The molecule has 0 saturated carbocycles. The molecule has 1 fully saturated rings. The number of carbonyl (C=O) groups excluding carboxylic acids is 1. The molecule has 5 rings (SSSR count). The van der Waals surface area contributed by atoms with Crippen molar-refractivity contribution in [3.63, 3.8) is 0 Å². The first-order chi connectivity index (χ1) is 13.7. The largest absolute Gasteiger partial charge is 0.478 e. The van der Waals surface area contributed by atoms with Gasteiger partial charge in [-0.2, -0.15) is 0 Å². The van der Waals surface area contributed by atoms with Gasteiger partial charge in [-0.15, -0.1) is 11.8 Å². The van der Waals surface area contributed by atoms with E-state index in [0.29, 0.717) is 5.25 Å². The van der Waals surface area contributed by atoms with Gasteiger partial charge < -0.3 is 4.74 Å². The van der Waals surface area contributed by atoms with Crippen LogP contribution in [0.3, 0.4) is 0 Å². The molecule has 3 nitrogen and oxygen atoms in total. The molecule has 0 aliphatic carbocycles. The first kappa shape index (κ1) is 17.4. The van der Waals surface area contributed by atoms with E-state index in [1.807, 2.05) is 77.3 Å². The summed E-state index contributed by atoms with van der Waals surface area (Å²) >= 11 is 1.83. The summed E-state index contributed by atoms with van der Waals surface area (Å²) in [4.78, 5) is 16.5. The molecule has 2 aliphatic heterocycles. The Hall–Kier alpha value is -2.72. The van der Waals surface area contributed by atoms with Gasteiger partial charge in [0, 0.05) is 10.1 Å². The molecule has 3 atom stereocenters. The van der Waals surface area contributed by atoms with E-state index < -0.39 is 11.6 Å². The summed E-state index contributed by atoms with van der Waals surface area (Å²) in [7, 11) is 0. The normalized spacial score (nSPS) is 25.9. The highest BCUT2D eigenvalue weighted by atomic mass is 32.2. The molecule has 0 bridgehead atoms. The number of para-hydroxylation sites is 2. The Morgan fingerprint density at radius 1 is 0.929 bits per heavy atom. The van der Waals surface area contributed by atoms with Crippen LogP contribution in [-0.4, -0.2) is 17.3 Å². The molecule has 2 heterocycles. The van der Waals surface area contributed by atoms with E-state index in [-0.39, 0.29) is 5.91 Å². The van der Waals surface area contributed by atoms with E-state index in [2.05, 4.69) is 31.2 Å². The molecule has 0 aromatic heterocycles. The van der Waals surface area contributed by atoms with Crippen molar-refractivity contribution in [2.45, 2.75) is 35.1 Å². The Balaban J connectivity index is 1.67. The van der Waals surface area contributed by atoms with Crippen LogP contribution in [0.25, 0.3) is 0 Å². The van der Waals surface area contributed by atoms with Crippen LogP contribution < -0.4 is 9.64 Å². The number of fused-ring (bicyclic) bond motifs is 3. The Kier molecular flexibility index (Phi) is 4.17. The maximum Gasteiger partial charge on any atom is 0.271 e. The van der Waals surface area contributed by atoms with Crippen LogP contribution in [0.2, 0.25) is 0 Å². The number of amides is 1. The minimum absolute atomic E-state index is 0.0230. The van der Waals surface area contributed by atoms with Gasteiger partial charge in [-0.1, -0.05) is 67.6 Å². The van der Waals surface area contributed by atoms with Gasteiger partial charge in [0.15, 0.2) is 0 Å². The molecule has 0 N–H and O–H groups in total. The Morgan fingerprint density at radius 3 is 2.32 bits per heavy atom. The molecule has 1 amide bonds. The fourth-order valence-electron chi connectivity index (χ4n) is 4.45. The number of hydrogen-bond acceptors (Lipinski definition) is 3. The average molecular weight is 388 g/mol. The van der Waals surface area contributed by atoms with Crippen LogP contribution in [-0.2, 0) is 10.3 Å². The van der Waals surface area contributed by atoms with E-state index in [1.54, 1.807) is 0 Å². The molecule has 1 saturated heterocycles. The van der Waals surface area contributed by atoms with Gasteiger partial charge in [0.25, 0.3) is 5.91 Å². The number of anilines is 1. The number of carbonyl (C=O) groups is 1. The lowest BCUT2D eigenvalue weighted by Gasteiger charge is -2.56. The summed E-state index contributed by atoms with van der Waals surface area (Å²) < 4.78 is 6.31. The minimum Gasteiger partial charge on any atom is -0.478 e. The first-order valence-corrected chi connectivity index (χ1v) is 10.4. The number of ether oxygens (including phenoxy) is 1. The van der Waals surface area contributed by atoms with Crippen molar-refractivity contribution in [3.05, 3.63) is 90.5 Å². The van der Waals surface area contributed by atoms with Crippen LogP contribution in [0.1, 0.15) is 18.9 Å². The standard InChI is InChI=1S/C24H21NO2S/c1-17-16-24(18-10-4-2-5-11-18)22(27-19-12-6-3-7-13-19)23(26)25(24)20-14-8-9-15-21(20)28-17/h2-15,17,22H,16H2,1H3/t17-,22+,24-/m1/s1. The second-order valence-corrected chi connectivity index (χ2v) is 8.86. The first-order valence-electron chi connectivity index (χ1n) is 9.57. The summed E-state index contributed by atoms with van der Waals surface area (Å²) in [5.41, 5.74) is 1.60. The van der Waals surface area contributed by atoms with Crippen LogP contribution in [0.4, 0.5) is 5.69 Å². The predicted molar refractivity (Wildman–Crippen MR) is 113 cm³/mol. The summed E-state index contributed by atoms with van der Waals surface area (Å²) in [5, 5.41) is 0.348. The molecule has 0 spiro atoms. The molecule has 0 unspecified atom stereocenters. The molecule has 4 heteroatoms. The van der Waals surface area contributed by atoms with Gasteiger partial charge in [0.05, 0.1) is 5.69 Å². The Labute approximate surface area is 169 Å². The summed E-state index contributed by atoms with van der Waals surface area (Å²) in [6, 6.07) is 28.2. The number of rotatable bonds is 3. The highest BCUT2D eigenvalue weighted by Crippen LogP contribution is 2.55. The number of hydrogen-bond donors (Lipinski definition) is 0. The fraction of sp³-hybridized carbons (Fsp3) is 0.208. The van der Waals surface area contributed by atoms with Crippen LogP contribution in [0.5, 0.6) is 5.75 Å². The quantitative estimate of drug-likeness (QED) is 0.574. The van der Waals surface area contributed by atoms with Gasteiger partial charge in [0.1, 0.15) is 11.3 Å². The van der Waals surface area contributed by atoms with E-state index in [4.69, 9.17) is 4.74 Å². The second kappa shape index (κ2) is 6.71. The number of β-lactam (4-membered cyclic amide) rings is 1. The highest BCUT2D eigenvalue weighted by Gasteiger charge is 2.65. The van der Waals surface area contributed by atoms with E-state index in [0.717, 1.165) is 28.3 Å². The summed E-state index contributed by atoms with van der Waals surface area (Å²) in [6.45, 7) is 2.23. The van der Waals surface area contributed by atoms with Crippen LogP contribution in [0, 0.1) is 0 Å². The van der Waals surface area contributed by atoms with Gasteiger partial charge in [-0.3, -0.25) is 9.69 Å². The topological polar surface area (TPSA) is 29.5 Å². The van der Waals surface area contributed by atoms with Gasteiger partial charge in [-0.25, -0.2) is 0 Å². The summed E-state index contributed by atoms with van der Waals surface area (Å²) in [6.07, 6.45) is 0.297. The zero-order valence-electron chi connectivity index (χ0n) is 15.6. The van der Waals surface area contributed by atoms with Crippen molar-refractivity contribution in [2.24, 2.45) is 0 Å². The highest BCUT2D eigenvalue weighted by molar-refractivity contribution is 8.00. The van der Waals surface area contributed by atoms with E-state index in [9.17, 15) is 4.79 Å². The van der Waals surface area contributed by atoms with Gasteiger partial charge in [-0.05, 0) is 36.2 Å². The molecule has 140 valence electrons. The lowest BCUT2D eigenvalue weighted by molar-refractivity contribution is -0.142. The lowest BCUT2D eigenvalue weighted by Crippen LogP contribution is -2.74. The smallest absolute Gasteiger partial charge is 0.271 e. The van der Waals surface area contributed by atoms with Crippen molar-refractivity contribution in [2.75, 3.05) is 4.90 Å². The molecule has 2 aliphatic rings. The third-order valence-corrected chi connectivity index (χ3v) is 6.75. The monoisotopic (exact) mass is 387 g/mol. The zero-order chi connectivity index (χ0) is 19.1. The van der Waals surface area contributed by atoms with E-state index in [1.165, 1.54) is 0 Å². The SMILES string of the molecule is C[C@@H]1C[C@@]2(c3ccccc3)[C@@H](Oc3ccccc3)C(=O)N2c2ccccc2S1. The molecular weight excluding hydrogens is 366 g/mol. The van der Waals surface area contributed by atoms with Gasteiger partial charge in [0.2, 0.25) is 6.10 Å². The lowest BCUT2D eigenvalue weighted by atomic mass is 9.71. The van der Waals surface area contributed by atoms with Crippen molar-refractivity contribution < 1.29 is 9.53 Å². The van der Waals surface area contributed by atoms with Crippen LogP contribution in [0.15, 0.2) is 89.8 Å². The molecule has 3 aromatic rings.